The largest absolute Gasteiger partial charge is 0.481 e. The molecule has 0 saturated heterocycles. The first kappa shape index (κ1) is 23.3. The summed E-state index contributed by atoms with van der Waals surface area (Å²) in [4.78, 5) is 36.5. The van der Waals surface area contributed by atoms with Crippen LogP contribution in [0.4, 0.5) is 10.5 Å². The van der Waals surface area contributed by atoms with Gasteiger partial charge in [-0.3, -0.25) is 9.59 Å². The van der Waals surface area contributed by atoms with E-state index in [1.807, 2.05) is 30.3 Å². The normalized spacial score (nSPS) is 12.0. The number of carbonyl (C=O) groups excluding carboxylic acids is 2. The third-order valence-corrected chi connectivity index (χ3v) is 4.85. The van der Waals surface area contributed by atoms with E-state index in [0.29, 0.717) is 10.6 Å². The highest BCUT2D eigenvalue weighted by atomic mass is 32.2. The minimum atomic E-state index is -0.938. The van der Waals surface area contributed by atoms with E-state index in [4.69, 9.17) is 9.84 Å². The van der Waals surface area contributed by atoms with Gasteiger partial charge in [-0.05, 0) is 38.5 Å². The van der Waals surface area contributed by atoms with Crippen LogP contribution in [-0.4, -0.2) is 34.4 Å². The molecular formula is C22H26N2O5S. The van der Waals surface area contributed by atoms with Crippen molar-refractivity contribution in [3.05, 3.63) is 60.2 Å². The molecule has 0 spiro atoms. The number of carbonyl (C=O) groups is 3. The van der Waals surface area contributed by atoms with Crippen molar-refractivity contribution in [2.75, 3.05) is 11.1 Å². The molecule has 0 bridgehead atoms. The smallest absolute Gasteiger partial charge is 0.408 e. The molecule has 30 heavy (non-hydrogen) atoms. The topological polar surface area (TPSA) is 105 Å². The number of hydrogen-bond acceptors (Lipinski definition) is 5. The van der Waals surface area contributed by atoms with Crippen molar-refractivity contribution in [1.29, 1.82) is 0 Å². The van der Waals surface area contributed by atoms with E-state index in [1.165, 1.54) is 0 Å². The summed E-state index contributed by atoms with van der Waals surface area (Å²) in [5, 5.41) is 14.5. The highest BCUT2D eigenvalue weighted by Gasteiger charge is 2.23. The highest BCUT2D eigenvalue weighted by Crippen LogP contribution is 2.27. The Morgan fingerprint density at radius 2 is 1.67 bits per heavy atom. The molecule has 2 rings (SSSR count). The molecule has 160 valence electrons. The van der Waals surface area contributed by atoms with Gasteiger partial charge in [0.1, 0.15) is 5.60 Å². The summed E-state index contributed by atoms with van der Waals surface area (Å²) in [7, 11) is 0. The minimum Gasteiger partial charge on any atom is -0.481 e. The molecule has 7 nitrogen and oxygen atoms in total. The van der Waals surface area contributed by atoms with Crippen LogP contribution in [0.1, 0.15) is 38.8 Å². The van der Waals surface area contributed by atoms with Crippen molar-refractivity contribution in [1.82, 2.24) is 5.32 Å². The molecule has 0 aliphatic rings. The first-order valence-corrected chi connectivity index (χ1v) is 10.4. The fourth-order valence-corrected chi connectivity index (χ4v) is 3.34. The monoisotopic (exact) mass is 430 g/mol. The third kappa shape index (κ3) is 8.16. The molecule has 0 heterocycles. The van der Waals surface area contributed by atoms with E-state index in [-0.39, 0.29) is 18.1 Å². The summed E-state index contributed by atoms with van der Waals surface area (Å²) in [6.45, 7) is 5.30. The molecule has 1 atom stereocenters. The predicted octanol–water partition coefficient (Wildman–Crippen LogP) is 4.46. The standard InChI is InChI=1S/C22H26N2O5S/c1-22(2,3)29-21(28)24-17(15-9-5-4-6-10-15)13-19(25)23-16-11-7-8-12-18(16)30-14-20(26)27/h4-12,17H,13-14H2,1-3H3,(H,23,25)(H,24,28)(H,26,27). The molecule has 0 fully saturated rings. The van der Waals surface area contributed by atoms with Crippen LogP contribution < -0.4 is 10.6 Å². The van der Waals surface area contributed by atoms with Crippen molar-refractivity contribution in [3.63, 3.8) is 0 Å². The van der Waals surface area contributed by atoms with Crippen LogP contribution in [0, 0.1) is 0 Å². The number of benzene rings is 2. The number of amides is 2. The zero-order valence-corrected chi connectivity index (χ0v) is 18.0. The minimum absolute atomic E-state index is 0.0127. The van der Waals surface area contributed by atoms with Crippen molar-refractivity contribution >= 4 is 35.4 Å². The highest BCUT2D eigenvalue weighted by molar-refractivity contribution is 8.00. The molecule has 0 radical (unpaired) electrons. The van der Waals surface area contributed by atoms with Crippen LogP contribution in [0.25, 0.3) is 0 Å². The Morgan fingerprint density at radius 3 is 2.30 bits per heavy atom. The molecular weight excluding hydrogens is 404 g/mol. The van der Waals surface area contributed by atoms with E-state index in [9.17, 15) is 14.4 Å². The molecule has 2 amide bonds. The number of carboxylic acids is 1. The average Bonchev–Trinajstić information content (AvgIpc) is 2.66. The lowest BCUT2D eigenvalue weighted by molar-refractivity contribution is -0.133. The van der Waals surface area contributed by atoms with Crippen molar-refractivity contribution in [3.8, 4) is 0 Å². The van der Waals surface area contributed by atoms with Gasteiger partial charge in [-0.15, -0.1) is 11.8 Å². The zero-order valence-electron chi connectivity index (χ0n) is 17.2. The number of anilines is 1. The van der Waals surface area contributed by atoms with Gasteiger partial charge in [-0.25, -0.2) is 4.79 Å². The Kier molecular flexibility index (Phi) is 8.29. The molecule has 1 unspecified atom stereocenters. The van der Waals surface area contributed by atoms with Crippen molar-refractivity contribution < 1.29 is 24.2 Å². The van der Waals surface area contributed by atoms with E-state index in [1.54, 1.807) is 45.0 Å². The quantitative estimate of drug-likeness (QED) is 0.534. The molecule has 0 aliphatic carbocycles. The second-order valence-corrected chi connectivity index (χ2v) is 8.56. The fourth-order valence-electron chi connectivity index (χ4n) is 2.61. The molecule has 2 aromatic carbocycles. The second-order valence-electron chi connectivity index (χ2n) is 7.54. The van der Waals surface area contributed by atoms with E-state index in [0.717, 1.165) is 17.3 Å². The van der Waals surface area contributed by atoms with Crippen molar-refractivity contribution in [2.45, 2.75) is 43.7 Å². The number of para-hydroxylation sites is 1. The molecule has 0 saturated carbocycles. The number of nitrogens with one attached hydrogen (secondary N) is 2. The van der Waals surface area contributed by atoms with E-state index in [2.05, 4.69) is 10.6 Å². The molecule has 0 aliphatic heterocycles. The number of alkyl carbamates (subject to hydrolysis) is 1. The Labute approximate surface area is 180 Å². The van der Waals surface area contributed by atoms with Crippen LogP contribution in [-0.2, 0) is 14.3 Å². The van der Waals surface area contributed by atoms with Gasteiger partial charge in [-0.1, -0.05) is 42.5 Å². The Morgan fingerprint density at radius 1 is 1.03 bits per heavy atom. The van der Waals surface area contributed by atoms with Gasteiger partial charge in [-0.2, -0.15) is 0 Å². The first-order valence-electron chi connectivity index (χ1n) is 9.42. The first-order chi connectivity index (χ1) is 14.1. The van der Waals surface area contributed by atoms with Gasteiger partial charge in [0, 0.05) is 4.90 Å². The van der Waals surface area contributed by atoms with Crippen LogP contribution in [0.2, 0.25) is 0 Å². The Hall–Kier alpha value is -3.00. The zero-order chi connectivity index (χ0) is 22.1. The lowest BCUT2D eigenvalue weighted by Gasteiger charge is -2.24. The maximum absolute atomic E-state index is 12.7. The van der Waals surface area contributed by atoms with Crippen LogP contribution >= 0.6 is 11.8 Å². The summed E-state index contributed by atoms with van der Waals surface area (Å²) < 4.78 is 5.32. The Balaban J connectivity index is 2.11. The molecule has 2 aromatic rings. The third-order valence-electron chi connectivity index (χ3n) is 3.79. The van der Waals surface area contributed by atoms with E-state index >= 15 is 0 Å². The molecule has 0 aromatic heterocycles. The van der Waals surface area contributed by atoms with Crippen LogP contribution in [0.5, 0.6) is 0 Å². The summed E-state index contributed by atoms with van der Waals surface area (Å²) in [5.74, 6) is -1.37. The predicted molar refractivity (Wildman–Crippen MR) is 117 cm³/mol. The van der Waals surface area contributed by atoms with Crippen LogP contribution in [0.3, 0.4) is 0 Å². The Bertz CT molecular complexity index is 881. The lowest BCUT2D eigenvalue weighted by atomic mass is 10.0. The second kappa shape index (κ2) is 10.7. The fraction of sp³-hybridized carbons (Fsp3) is 0.318. The number of carboxylic acid groups (broad SMARTS) is 1. The van der Waals surface area contributed by atoms with Crippen molar-refractivity contribution in [2.24, 2.45) is 0 Å². The number of ether oxygens (including phenoxy) is 1. The maximum atomic E-state index is 12.7. The lowest BCUT2D eigenvalue weighted by Crippen LogP contribution is -2.36. The SMILES string of the molecule is CC(C)(C)OC(=O)NC(CC(=O)Nc1ccccc1SCC(=O)O)c1ccccc1. The van der Waals surface area contributed by atoms with Crippen LogP contribution in [0.15, 0.2) is 59.5 Å². The van der Waals surface area contributed by atoms with Gasteiger partial charge in [0.15, 0.2) is 0 Å². The van der Waals surface area contributed by atoms with Gasteiger partial charge >= 0.3 is 12.1 Å². The van der Waals surface area contributed by atoms with Gasteiger partial charge in [0.25, 0.3) is 0 Å². The average molecular weight is 431 g/mol. The summed E-state index contributed by atoms with van der Waals surface area (Å²) in [5.41, 5.74) is 0.637. The maximum Gasteiger partial charge on any atom is 0.408 e. The number of rotatable bonds is 8. The summed E-state index contributed by atoms with van der Waals surface area (Å²) in [6.07, 6.45) is -0.622. The number of aliphatic carboxylic acids is 1. The molecule has 3 N–H and O–H groups in total. The van der Waals surface area contributed by atoms with E-state index < -0.39 is 23.7 Å². The number of hydrogen-bond donors (Lipinski definition) is 3. The summed E-state index contributed by atoms with van der Waals surface area (Å²) >= 11 is 1.13. The summed E-state index contributed by atoms with van der Waals surface area (Å²) in [6, 6.07) is 15.6. The van der Waals surface area contributed by atoms with Gasteiger partial charge in [0.05, 0.1) is 23.9 Å². The van der Waals surface area contributed by atoms with Gasteiger partial charge in [0.2, 0.25) is 5.91 Å². The molecule has 8 heteroatoms. The van der Waals surface area contributed by atoms with Gasteiger partial charge < -0.3 is 20.5 Å². The number of thioether (sulfide) groups is 1.